The summed E-state index contributed by atoms with van der Waals surface area (Å²) in [5, 5.41) is 2.87. The number of nitrogens with one attached hydrogen (secondary N) is 1. The van der Waals surface area contributed by atoms with Crippen LogP contribution in [0.15, 0.2) is 43.7 Å². The Hall–Kier alpha value is -0.850. The molecule has 0 saturated carbocycles. The van der Waals surface area contributed by atoms with E-state index in [1.807, 2.05) is 19.1 Å². The number of carbonyl (C=O) groups excluding carboxylic acids is 1. The number of anilines is 1. The van der Waals surface area contributed by atoms with Gasteiger partial charge in [0.05, 0.1) is 17.3 Å². The number of halogens is 3. The molecule has 0 aliphatic heterocycles. The van der Waals surface area contributed by atoms with Crippen LogP contribution in [0.3, 0.4) is 0 Å². The molecule has 21 heavy (non-hydrogen) atoms. The van der Waals surface area contributed by atoms with E-state index in [0.717, 1.165) is 19.0 Å². The molecule has 2 rings (SSSR count). The number of rotatable bonds is 3. The van der Waals surface area contributed by atoms with E-state index in [4.69, 9.17) is 4.74 Å². The molecule has 0 heterocycles. The quantitative estimate of drug-likeness (QED) is 0.630. The molecule has 2 aromatic rings. The number of hydrogen-bond donors (Lipinski definition) is 1. The molecule has 2 aromatic carbocycles. The molecule has 0 aliphatic rings. The monoisotopic (exact) mass is 475 g/mol. The summed E-state index contributed by atoms with van der Waals surface area (Å²) in [6.07, 6.45) is 0. The van der Waals surface area contributed by atoms with E-state index in [-0.39, 0.29) is 5.91 Å². The summed E-state index contributed by atoms with van der Waals surface area (Å²) in [7, 11) is 1.58. The standard InChI is InChI=1S/C15H12Br3NO2/c1-8-3-4-9(5-10(8)16)15(20)19-13-7-14(21-2)12(18)6-11(13)17/h3-7H,1-2H3,(H,19,20). The number of carbonyl (C=O) groups is 1. The van der Waals surface area contributed by atoms with E-state index in [0.29, 0.717) is 17.0 Å². The number of amides is 1. The topological polar surface area (TPSA) is 38.3 Å². The normalized spacial score (nSPS) is 10.3. The number of benzene rings is 2. The lowest BCUT2D eigenvalue weighted by Gasteiger charge is -2.11. The molecule has 0 bridgehead atoms. The largest absolute Gasteiger partial charge is 0.495 e. The highest BCUT2D eigenvalue weighted by molar-refractivity contribution is 9.11. The van der Waals surface area contributed by atoms with Crippen LogP contribution in [0.2, 0.25) is 0 Å². The average molecular weight is 478 g/mol. The van der Waals surface area contributed by atoms with Crippen LogP contribution in [0.5, 0.6) is 5.75 Å². The predicted octanol–water partition coefficient (Wildman–Crippen LogP) is 5.54. The summed E-state index contributed by atoms with van der Waals surface area (Å²) >= 11 is 10.3. The molecular formula is C15H12Br3NO2. The zero-order chi connectivity index (χ0) is 15.6. The van der Waals surface area contributed by atoms with Gasteiger partial charge in [0.1, 0.15) is 5.75 Å². The highest BCUT2D eigenvalue weighted by atomic mass is 79.9. The minimum Gasteiger partial charge on any atom is -0.495 e. The number of ether oxygens (including phenoxy) is 1. The van der Waals surface area contributed by atoms with Gasteiger partial charge in [0.2, 0.25) is 0 Å². The maximum absolute atomic E-state index is 12.3. The molecule has 0 unspecified atom stereocenters. The number of hydrogen-bond acceptors (Lipinski definition) is 2. The van der Waals surface area contributed by atoms with Crippen LogP contribution in [0, 0.1) is 6.92 Å². The van der Waals surface area contributed by atoms with E-state index < -0.39 is 0 Å². The van der Waals surface area contributed by atoms with Crippen molar-refractivity contribution in [3.05, 3.63) is 54.9 Å². The molecule has 1 amide bonds. The van der Waals surface area contributed by atoms with Gasteiger partial charge >= 0.3 is 0 Å². The number of methoxy groups -OCH3 is 1. The van der Waals surface area contributed by atoms with Crippen molar-refractivity contribution < 1.29 is 9.53 Å². The smallest absolute Gasteiger partial charge is 0.255 e. The van der Waals surface area contributed by atoms with Crippen LogP contribution in [-0.4, -0.2) is 13.0 Å². The Morgan fingerprint density at radius 2 is 1.76 bits per heavy atom. The van der Waals surface area contributed by atoms with Crippen molar-refractivity contribution in [2.24, 2.45) is 0 Å². The van der Waals surface area contributed by atoms with Crippen LogP contribution in [0.1, 0.15) is 15.9 Å². The predicted molar refractivity (Wildman–Crippen MR) is 95.2 cm³/mol. The van der Waals surface area contributed by atoms with Crippen molar-refractivity contribution in [2.75, 3.05) is 12.4 Å². The summed E-state index contributed by atoms with van der Waals surface area (Å²) in [6, 6.07) is 9.08. The fourth-order valence-electron chi connectivity index (χ4n) is 1.71. The van der Waals surface area contributed by atoms with E-state index >= 15 is 0 Å². The first kappa shape index (κ1) is 16.5. The van der Waals surface area contributed by atoms with Crippen LogP contribution in [0.4, 0.5) is 5.69 Å². The zero-order valence-electron chi connectivity index (χ0n) is 11.3. The maximum atomic E-state index is 12.3. The first-order valence-corrected chi connectivity index (χ1v) is 8.41. The third-order valence-corrected chi connectivity index (χ3v) is 5.05. The van der Waals surface area contributed by atoms with Crippen molar-refractivity contribution in [3.8, 4) is 5.75 Å². The molecule has 0 aromatic heterocycles. The Labute approximate surface area is 148 Å². The van der Waals surface area contributed by atoms with Gasteiger partial charge in [-0.2, -0.15) is 0 Å². The fraction of sp³-hybridized carbons (Fsp3) is 0.133. The van der Waals surface area contributed by atoms with Gasteiger partial charge in [0.15, 0.2) is 0 Å². The molecule has 110 valence electrons. The first-order chi connectivity index (χ1) is 9.92. The molecular weight excluding hydrogens is 466 g/mol. The van der Waals surface area contributed by atoms with Crippen molar-refractivity contribution in [1.82, 2.24) is 0 Å². The molecule has 3 nitrogen and oxygen atoms in total. The minimum atomic E-state index is -0.180. The summed E-state index contributed by atoms with van der Waals surface area (Å²) < 4.78 is 7.73. The summed E-state index contributed by atoms with van der Waals surface area (Å²) in [5.41, 5.74) is 2.32. The lowest BCUT2D eigenvalue weighted by Crippen LogP contribution is -2.12. The van der Waals surface area contributed by atoms with Crippen LogP contribution >= 0.6 is 47.8 Å². The SMILES string of the molecule is COc1cc(NC(=O)c2ccc(C)c(Br)c2)c(Br)cc1Br. The Bertz CT molecular complexity index is 702. The second-order valence-corrected chi connectivity index (χ2v) is 6.95. The third kappa shape index (κ3) is 3.87. The minimum absolute atomic E-state index is 0.180. The van der Waals surface area contributed by atoms with E-state index in [1.54, 1.807) is 25.3 Å². The van der Waals surface area contributed by atoms with Gasteiger partial charge in [-0.05, 0) is 62.5 Å². The van der Waals surface area contributed by atoms with Gasteiger partial charge in [-0.1, -0.05) is 22.0 Å². The molecule has 0 saturated heterocycles. The Morgan fingerprint density at radius 3 is 2.38 bits per heavy atom. The molecule has 6 heteroatoms. The Morgan fingerprint density at radius 1 is 1.05 bits per heavy atom. The molecule has 0 radical (unpaired) electrons. The van der Waals surface area contributed by atoms with Crippen molar-refractivity contribution in [2.45, 2.75) is 6.92 Å². The van der Waals surface area contributed by atoms with E-state index in [2.05, 4.69) is 53.1 Å². The van der Waals surface area contributed by atoms with Crippen molar-refractivity contribution in [1.29, 1.82) is 0 Å². The summed E-state index contributed by atoms with van der Waals surface area (Å²) in [5.74, 6) is 0.472. The third-order valence-electron chi connectivity index (χ3n) is 2.92. The van der Waals surface area contributed by atoms with Gasteiger partial charge in [0.25, 0.3) is 5.91 Å². The summed E-state index contributed by atoms with van der Waals surface area (Å²) in [6.45, 7) is 1.97. The van der Waals surface area contributed by atoms with Crippen LogP contribution in [-0.2, 0) is 0 Å². The molecule has 0 atom stereocenters. The van der Waals surface area contributed by atoms with Gasteiger partial charge in [-0.15, -0.1) is 0 Å². The molecule has 0 aliphatic carbocycles. The number of aryl methyl sites for hydroxylation is 1. The van der Waals surface area contributed by atoms with Gasteiger partial charge in [0, 0.05) is 20.6 Å². The van der Waals surface area contributed by atoms with E-state index in [1.165, 1.54) is 0 Å². The molecule has 0 fully saturated rings. The molecule has 0 spiro atoms. The fourth-order valence-corrected chi connectivity index (χ4v) is 3.34. The second-order valence-electron chi connectivity index (χ2n) is 4.38. The molecule has 1 N–H and O–H groups in total. The van der Waals surface area contributed by atoms with Crippen LogP contribution in [0.25, 0.3) is 0 Å². The second kappa shape index (κ2) is 6.94. The Kier molecular flexibility index (Phi) is 5.46. The van der Waals surface area contributed by atoms with Crippen molar-refractivity contribution >= 4 is 59.4 Å². The lowest BCUT2D eigenvalue weighted by atomic mass is 10.1. The van der Waals surface area contributed by atoms with Crippen molar-refractivity contribution in [3.63, 3.8) is 0 Å². The Balaban J connectivity index is 2.29. The maximum Gasteiger partial charge on any atom is 0.255 e. The van der Waals surface area contributed by atoms with Gasteiger partial charge < -0.3 is 10.1 Å². The first-order valence-electron chi connectivity index (χ1n) is 6.03. The summed E-state index contributed by atoms with van der Waals surface area (Å²) in [4.78, 5) is 12.3. The van der Waals surface area contributed by atoms with Gasteiger partial charge in [-0.25, -0.2) is 0 Å². The highest BCUT2D eigenvalue weighted by Gasteiger charge is 2.12. The average Bonchev–Trinajstić information content (AvgIpc) is 2.44. The van der Waals surface area contributed by atoms with E-state index in [9.17, 15) is 4.79 Å². The lowest BCUT2D eigenvalue weighted by molar-refractivity contribution is 0.102. The zero-order valence-corrected chi connectivity index (χ0v) is 16.1. The highest BCUT2D eigenvalue weighted by Crippen LogP contribution is 2.34. The van der Waals surface area contributed by atoms with Gasteiger partial charge in [-0.3, -0.25) is 4.79 Å². The van der Waals surface area contributed by atoms with Crippen LogP contribution < -0.4 is 10.1 Å².